The number of benzene rings is 1. The SMILES string of the molecule is O=C(CC12CC3CC(CC(C3)C1)C2)Nc1ncnc2c1CCN(C(=O)Cc1ccc(F)cc1)C2. The Morgan fingerprint density at radius 1 is 1.03 bits per heavy atom. The van der Waals surface area contributed by atoms with Crippen LogP contribution in [0.4, 0.5) is 10.2 Å². The molecule has 7 rings (SSSR count). The molecule has 4 saturated carbocycles. The van der Waals surface area contributed by atoms with Gasteiger partial charge in [-0.1, -0.05) is 12.1 Å². The first-order valence-corrected chi connectivity index (χ1v) is 12.6. The van der Waals surface area contributed by atoms with Gasteiger partial charge >= 0.3 is 0 Å². The minimum atomic E-state index is -0.308. The Morgan fingerprint density at radius 2 is 1.71 bits per heavy atom. The van der Waals surface area contributed by atoms with Crippen LogP contribution in [0, 0.1) is 29.0 Å². The number of carbonyl (C=O) groups excluding carboxylic acids is 2. The summed E-state index contributed by atoms with van der Waals surface area (Å²) in [7, 11) is 0. The molecule has 4 fully saturated rings. The zero-order valence-corrected chi connectivity index (χ0v) is 19.4. The van der Waals surface area contributed by atoms with Gasteiger partial charge in [0.05, 0.1) is 18.7 Å². The van der Waals surface area contributed by atoms with Crippen LogP contribution >= 0.6 is 0 Å². The minimum absolute atomic E-state index is 0.0109. The van der Waals surface area contributed by atoms with E-state index in [0.29, 0.717) is 31.7 Å². The average Bonchev–Trinajstić information content (AvgIpc) is 2.79. The first-order valence-electron chi connectivity index (χ1n) is 12.6. The van der Waals surface area contributed by atoms with Crippen LogP contribution in [-0.2, 0) is 29.0 Å². The molecule has 2 heterocycles. The molecular weight excluding hydrogens is 431 g/mol. The van der Waals surface area contributed by atoms with E-state index in [9.17, 15) is 14.0 Å². The van der Waals surface area contributed by atoms with E-state index in [1.165, 1.54) is 57.0 Å². The summed E-state index contributed by atoms with van der Waals surface area (Å²) in [6.45, 7) is 0.952. The zero-order valence-electron chi connectivity index (χ0n) is 19.4. The highest BCUT2D eigenvalue weighted by molar-refractivity contribution is 5.91. The van der Waals surface area contributed by atoms with Crippen LogP contribution in [0.15, 0.2) is 30.6 Å². The smallest absolute Gasteiger partial charge is 0.227 e. The third-order valence-electron chi connectivity index (χ3n) is 8.59. The normalized spacial score (nSPS) is 29.1. The van der Waals surface area contributed by atoms with Gasteiger partial charge in [-0.3, -0.25) is 9.59 Å². The number of halogens is 1. The Morgan fingerprint density at radius 3 is 2.38 bits per heavy atom. The van der Waals surface area contributed by atoms with Crippen molar-refractivity contribution in [1.82, 2.24) is 14.9 Å². The number of amides is 2. The first kappa shape index (κ1) is 21.7. The second kappa shape index (κ2) is 8.43. The Hall–Kier alpha value is -2.83. The molecule has 0 unspecified atom stereocenters. The van der Waals surface area contributed by atoms with Gasteiger partial charge in [0.2, 0.25) is 11.8 Å². The number of nitrogens with one attached hydrogen (secondary N) is 1. The molecule has 34 heavy (non-hydrogen) atoms. The van der Waals surface area contributed by atoms with Gasteiger partial charge < -0.3 is 10.2 Å². The molecule has 0 spiro atoms. The molecule has 4 aliphatic carbocycles. The molecule has 1 N–H and O–H groups in total. The van der Waals surface area contributed by atoms with E-state index in [4.69, 9.17) is 0 Å². The summed E-state index contributed by atoms with van der Waals surface area (Å²) < 4.78 is 13.1. The standard InChI is InChI=1S/C27H31FN4O2/c28-21-3-1-17(2-4-21)10-25(34)32-6-5-22-23(15-32)29-16-30-26(22)31-24(33)14-27-11-18-7-19(12-27)9-20(8-18)13-27/h1-4,16,18-20H,5-15H2,(H,29,30,31,33). The van der Waals surface area contributed by atoms with Crippen LogP contribution in [0.3, 0.4) is 0 Å². The zero-order chi connectivity index (χ0) is 23.3. The van der Waals surface area contributed by atoms with Crippen molar-refractivity contribution in [3.63, 3.8) is 0 Å². The molecule has 1 aromatic heterocycles. The van der Waals surface area contributed by atoms with Gasteiger partial charge in [-0.25, -0.2) is 14.4 Å². The summed E-state index contributed by atoms with van der Waals surface area (Å²) in [6, 6.07) is 6.04. The molecule has 178 valence electrons. The van der Waals surface area contributed by atoms with Crippen molar-refractivity contribution in [1.29, 1.82) is 0 Å². The third-order valence-corrected chi connectivity index (χ3v) is 8.59. The number of hydrogen-bond donors (Lipinski definition) is 1. The van der Waals surface area contributed by atoms with Gasteiger partial charge in [-0.2, -0.15) is 0 Å². The van der Waals surface area contributed by atoms with Crippen molar-refractivity contribution >= 4 is 17.6 Å². The van der Waals surface area contributed by atoms with Gasteiger partial charge in [0.25, 0.3) is 0 Å². The van der Waals surface area contributed by atoms with E-state index in [1.54, 1.807) is 17.0 Å². The molecule has 7 heteroatoms. The molecule has 2 aromatic rings. The van der Waals surface area contributed by atoms with Gasteiger partial charge in [0, 0.05) is 18.5 Å². The van der Waals surface area contributed by atoms with Crippen LogP contribution in [0.5, 0.6) is 0 Å². The Bertz CT molecular complexity index is 1080. The Labute approximate surface area is 199 Å². The molecule has 5 aliphatic rings. The second-order valence-corrected chi connectivity index (χ2v) is 11.2. The van der Waals surface area contributed by atoms with Gasteiger partial charge in [-0.05, 0) is 85.8 Å². The lowest BCUT2D eigenvalue weighted by atomic mass is 9.49. The van der Waals surface area contributed by atoms with Crippen LogP contribution in [0.25, 0.3) is 0 Å². The van der Waals surface area contributed by atoms with Gasteiger partial charge in [-0.15, -0.1) is 0 Å². The molecular formula is C27H31FN4O2. The summed E-state index contributed by atoms with van der Waals surface area (Å²) in [5, 5.41) is 3.11. The van der Waals surface area contributed by atoms with Crippen LogP contribution in [-0.4, -0.2) is 33.2 Å². The Kier molecular flexibility index (Phi) is 5.38. The molecule has 1 aliphatic heterocycles. The van der Waals surface area contributed by atoms with Crippen LogP contribution in [0.1, 0.15) is 61.8 Å². The second-order valence-electron chi connectivity index (χ2n) is 11.2. The van der Waals surface area contributed by atoms with Crippen molar-refractivity contribution in [3.8, 4) is 0 Å². The predicted molar refractivity (Wildman–Crippen MR) is 125 cm³/mol. The molecule has 4 bridgehead atoms. The van der Waals surface area contributed by atoms with Crippen molar-refractivity contribution in [2.45, 2.75) is 64.3 Å². The monoisotopic (exact) mass is 462 g/mol. The van der Waals surface area contributed by atoms with E-state index >= 15 is 0 Å². The van der Waals surface area contributed by atoms with Gasteiger partial charge in [0.15, 0.2) is 0 Å². The lowest BCUT2D eigenvalue weighted by molar-refractivity contribution is -0.131. The topological polar surface area (TPSA) is 75.2 Å². The maximum Gasteiger partial charge on any atom is 0.227 e. The Balaban J connectivity index is 1.11. The molecule has 0 atom stereocenters. The fourth-order valence-corrected chi connectivity index (χ4v) is 7.59. The number of hydrogen-bond acceptors (Lipinski definition) is 4. The minimum Gasteiger partial charge on any atom is -0.336 e. The fourth-order valence-electron chi connectivity index (χ4n) is 7.59. The van der Waals surface area contributed by atoms with Crippen molar-refractivity contribution < 1.29 is 14.0 Å². The van der Waals surface area contributed by atoms with Crippen LogP contribution < -0.4 is 5.32 Å². The summed E-state index contributed by atoms with van der Waals surface area (Å²) in [5.74, 6) is 2.82. The van der Waals surface area contributed by atoms with E-state index in [0.717, 1.165) is 34.6 Å². The van der Waals surface area contributed by atoms with Crippen molar-refractivity contribution in [3.05, 3.63) is 53.2 Å². The van der Waals surface area contributed by atoms with Crippen LogP contribution in [0.2, 0.25) is 0 Å². The molecule has 0 saturated heterocycles. The molecule has 0 radical (unpaired) electrons. The molecule has 1 aromatic carbocycles. The number of aromatic nitrogens is 2. The maximum absolute atomic E-state index is 13.1. The highest BCUT2D eigenvalue weighted by Gasteiger charge is 2.51. The van der Waals surface area contributed by atoms with Gasteiger partial charge in [0.1, 0.15) is 18.0 Å². The predicted octanol–water partition coefficient (Wildman–Crippen LogP) is 4.29. The first-order chi connectivity index (χ1) is 16.4. The average molecular weight is 463 g/mol. The van der Waals surface area contributed by atoms with Crippen molar-refractivity contribution in [2.24, 2.45) is 23.2 Å². The number of fused-ring (bicyclic) bond motifs is 1. The maximum atomic E-state index is 13.1. The summed E-state index contributed by atoms with van der Waals surface area (Å²) >= 11 is 0. The quantitative estimate of drug-likeness (QED) is 0.719. The summed E-state index contributed by atoms with van der Waals surface area (Å²) in [5.41, 5.74) is 2.71. The summed E-state index contributed by atoms with van der Waals surface area (Å²) in [4.78, 5) is 36.5. The third kappa shape index (κ3) is 4.21. The van der Waals surface area contributed by atoms with E-state index in [1.807, 2.05) is 0 Å². The summed E-state index contributed by atoms with van der Waals surface area (Å²) in [6.07, 6.45) is 10.7. The molecule has 2 amide bonds. The van der Waals surface area contributed by atoms with E-state index < -0.39 is 0 Å². The highest BCUT2D eigenvalue weighted by Crippen LogP contribution is 2.61. The number of nitrogens with zero attached hydrogens (tertiary/aromatic N) is 3. The lowest BCUT2D eigenvalue weighted by Gasteiger charge is -2.56. The van der Waals surface area contributed by atoms with Crippen molar-refractivity contribution in [2.75, 3.05) is 11.9 Å². The van der Waals surface area contributed by atoms with E-state index in [2.05, 4.69) is 15.3 Å². The number of carbonyl (C=O) groups is 2. The van der Waals surface area contributed by atoms with E-state index in [-0.39, 0.29) is 29.5 Å². The fraction of sp³-hybridized carbons (Fsp3) is 0.556. The highest BCUT2D eigenvalue weighted by atomic mass is 19.1. The number of rotatable bonds is 5. The lowest BCUT2D eigenvalue weighted by Crippen LogP contribution is -2.47. The largest absolute Gasteiger partial charge is 0.336 e. The number of anilines is 1. The molecule has 6 nitrogen and oxygen atoms in total.